The first-order valence-corrected chi connectivity index (χ1v) is 7.31. The quantitative estimate of drug-likeness (QED) is 0.686. The van der Waals surface area contributed by atoms with Crippen LogP contribution >= 0.6 is 11.3 Å². The second-order valence-electron chi connectivity index (χ2n) is 4.81. The highest BCUT2D eigenvalue weighted by atomic mass is 32.1. The fraction of sp³-hybridized carbons (Fsp3) is 0.0625. The van der Waals surface area contributed by atoms with Crippen molar-refractivity contribution in [1.82, 2.24) is 0 Å². The summed E-state index contributed by atoms with van der Waals surface area (Å²) >= 11 is 1.11. The molecule has 0 saturated heterocycles. The van der Waals surface area contributed by atoms with Gasteiger partial charge in [-0.3, -0.25) is 4.99 Å². The van der Waals surface area contributed by atoms with Gasteiger partial charge in [0.05, 0.1) is 18.6 Å². The van der Waals surface area contributed by atoms with Crippen molar-refractivity contribution in [2.75, 3.05) is 5.32 Å². The van der Waals surface area contributed by atoms with Crippen molar-refractivity contribution in [3.05, 3.63) is 52.9 Å². The van der Waals surface area contributed by atoms with E-state index in [9.17, 15) is 8.78 Å². The van der Waals surface area contributed by atoms with Crippen LogP contribution in [0.25, 0.3) is 21.2 Å². The molecule has 4 rings (SSSR count). The van der Waals surface area contributed by atoms with Gasteiger partial charge in [-0.25, -0.2) is 4.39 Å². The fourth-order valence-electron chi connectivity index (χ4n) is 2.69. The highest BCUT2D eigenvalue weighted by molar-refractivity contribution is 7.18. The zero-order valence-corrected chi connectivity index (χ0v) is 11.7. The Morgan fingerprint density at radius 3 is 2.86 bits per heavy atom. The van der Waals surface area contributed by atoms with Crippen molar-refractivity contribution >= 4 is 33.4 Å². The molecule has 0 bridgehead atoms. The lowest BCUT2D eigenvalue weighted by Gasteiger charge is -2.17. The van der Waals surface area contributed by atoms with Crippen LogP contribution in [0, 0.1) is 10.9 Å². The molecule has 104 valence electrons. The van der Waals surface area contributed by atoms with E-state index in [-0.39, 0.29) is 10.9 Å². The van der Waals surface area contributed by atoms with Crippen molar-refractivity contribution in [2.45, 2.75) is 6.54 Å². The molecule has 0 amide bonds. The van der Waals surface area contributed by atoms with E-state index in [2.05, 4.69) is 10.3 Å². The fourth-order valence-corrected chi connectivity index (χ4v) is 3.63. The van der Waals surface area contributed by atoms with Crippen LogP contribution in [0.5, 0.6) is 0 Å². The number of hydrogen-bond donors (Lipinski definition) is 1. The Labute approximate surface area is 123 Å². The maximum Gasteiger partial charge on any atom is 0.185 e. The molecular weight excluding hydrogens is 290 g/mol. The SMILES string of the molecule is Fc1ccc(-c2c(F)sc3ccccc23)c2c1NC=NC2. The molecule has 0 unspecified atom stereocenters. The van der Waals surface area contributed by atoms with E-state index in [0.29, 0.717) is 28.9 Å². The van der Waals surface area contributed by atoms with Gasteiger partial charge < -0.3 is 5.32 Å². The van der Waals surface area contributed by atoms with Crippen molar-refractivity contribution in [3.63, 3.8) is 0 Å². The normalized spacial score (nSPS) is 13.2. The molecule has 0 radical (unpaired) electrons. The zero-order valence-electron chi connectivity index (χ0n) is 10.9. The van der Waals surface area contributed by atoms with Gasteiger partial charge in [0, 0.05) is 21.2 Å². The summed E-state index contributed by atoms with van der Waals surface area (Å²) in [5.74, 6) is -0.347. The van der Waals surface area contributed by atoms with Crippen molar-refractivity contribution in [1.29, 1.82) is 0 Å². The van der Waals surface area contributed by atoms with Crippen LogP contribution in [0.1, 0.15) is 5.56 Å². The summed E-state index contributed by atoms with van der Waals surface area (Å²) < 4.78 is 29.2. The van der Waals surface area contributed by atoms with E-state index >= 15 is 0 Å². The standard InChI is InChI=1S/C16H10F2N2S/c17-12-6-5-9(11-7-19-8-20-15(11)12)14-10-3-1-2-4-13(10)21-16(14)18/h1-6,8H,7H2,(H,19,20). The smallest absolute Gasteiger partial charge is 0.185 e. The highest BCUT2D eigenvalue weighted by Gasteiger charge is 2.21. The Morgan fingerprint density at radius 1 is 1.10 bits per heavy atom. The first kappa shape index (κ1) is 12.5. The Balaban J connectivity index is 2.05. The summed E-state index contributed by atoms with van der Waals surface area (Å²) in [6.07, 6.45) is 1.47. The van der Waals surface area contributed by atoms with Crippen molar-refractivity contribution < 1.29 is 8.78 Å². The van der Waals surface area contributed by atoms with Crippen LogP contribution in [-0.2, 0) is 6.54 Å². The Bertz CT molecular complexity index is 883. The predicted molar refractivity (Wildman–Crippen MR) is 83.0 cm³/mol. The van der Waals surface area contributed by atoms with Gasteiger partial charge in [-0.15, -0.1) is 11.3 Å². The topological polar surface area (TPSA) is 24.4 Å². The van der Waals surface area contributed by atoms with Crippen LogP contribution in [0.2, 0.25) is 0 Å². The monoisotopic (exact) mass is 300 g/mol. The molecule has 2 heterocycles. The molecular formula is C16H10F2N2S. The average molecular weight is 300 g/mol. The molecule has 5 heteroatoms. The summed E-state index contributed by atoms with van der Waals surface area (Å²) in [4.78, 5) is 4.12. The number of benzene rings is 2. The molecule has 0 atom stereocenters. The molecule has 1 aliphatic rings. The summed E-state index contributed by atoms with van der Waals surface area (Å²) in [5, 5.41) is 3.41. The Hall–Kier alpha value is -2.27. The third-order valence-electron chi connectivity index (χ3n) is 3.63. The minimum atomic E-state index is -0.347. The molecule has 3 aromatic rings. The maximum absolute atomic E-state index is 14.4. The third-order valence-corrected chi connectivity index (χ3v) is 4.59. The number of rotatable bonds is 1. The van der Waals surface area contributed by atoms with Crippen LogP contribution in [0.3, 0.4) is 0 Å². The minimum Gasteiger partial charge on any atom is -0.344 e. The predicted octanol–water partition coefficient (Wildman–Crippen LogP) is 4.80. The number of aliphatic imine (C=N–C) groups is 1. The Kier molecular flexibility index (Phi) is 2.75. The van der Waals surface area contributed by atoms with Gasteiger partial charge in [0.2, 0.25) is 0 Å². The maximum atomic E-state index is 14.4. The van der Waals surface area contributed by atoms with Gasteiger partial charge in [0.25, 0.3) is 0 Å². The van der Waals surface area contributed by atoms with Gasteiger partial charge in [0.15, 0.2) is 5.13 Å². The molecule has 2 nitrogen and oxygen atoms in total. The van der Waals surface area contributed by atoms with E-state index < -0.39 is 0 Å². The van der Waals surface area contributed by atoms with E-state index in [1.807, 2.05) is 24.3 Å². The highest BCUT2D eigenvalue weighted by Crippen LogP contribution is 2.41. The van der Waals surface area contributed by atoms with E-state index in [1.54, 1.807) is 6.07 Å². The van der Waals surface area contributed by atoms with Crippen LogP contribution in [-0.4, -0.2) is 6.34 Å². The van der Waals surface area contributed by atoms with Gasteiger partial charge in [-0.05, 0) is 17.7 Å². The van der Waals surface area contributed by atoms with Gasteiger partial charge in [-0.2, -0.15) is 4.39 Å². The second kappa shape index (κ2) is 4.63. The second-order valence-corrected chi connectivity index (χ2v) is 5.81. The Morgan fingerprint density at radius 2 is 1.95 bits per heavy atom. The summed E-state index contributed by atoms with van der Waals surface area (Å²) in [6.45, 7) is 0.346. The zero-order chi connectivity index (χ0) is 14.4. The third kappa shape index (κ3) is 1.85. The number of anilines is 1. The first-order chi connectivity index (χ1) is 10.3. The summed E-state index contributed by atoms with van der Waals surface area (Å²) in [5.41, 5.74) is 2.31. The van der Waals surface area contributed by atoms with Gasteiger partial charge in [-0.1, -0.05) is 24.3 Å². The summed E-state index contributed by atoms with van der Waals surface area (Å²) in [6, 6.07) is 10.5. The average Bonchev–Trinajstić information content (AvgIpc) is 2.84. The largest absolute Gasteiger partial charge is 0.344 e. The molecule has 1 aliphatic heterocycles. The number of thiophene rings is 1. The van der Waals surface area contributed by atoms with Crippen LogP contribution in [0.15, 0.2) is 41.4 Å². The molecule has 0 aliphatic carbocycles. The van der Waals surface area contributed by atoms with Crippen LogP contribution < -0.4 is 5.32 Å². The van der Waals surface area contributed by atoms with E-state index in [1.165, 1.54) is 12.4 Å². The van der Waals surface area contributed by atoms with Crippen LogP contribution in [0.4, 0.5) is 14.5 Å². The molecule has 1 N–H and O–H groups in total. The van der Waals surface area contributed by atoms with E-state index in [4.69, 9.17) is 0 Å². The first-order valence-electron chi connectivity index (χ1n) is 6.49. The van der Waals surface area contributed by atoms with Gasteiger partial charge in [0.1, 0.15) is 5.82 Å². The summed E-state index contributed by atoms with van der Waals surface area (Å²) in [7, 11) is 0. The number of fused-ring (bicyclic) bond motifs is 2. The molecule has 0 saturated carbocycles. The minimum absolute atomic E-state index is 0.250. The molecule has 0 spiro atoms. The lowest BCUT2D eigenvalue weighted by molar-refractivity contribution is 0.629. The molecule has 0 fully saturated rings. The number of nitrogens with zero attached hydrogens (tertiary/aromatic N) is 1. The molecule has 1 aromatic heterocycles. The lowest BCUT2D eigenvalue weighted by atomic mass is 9.96. The van der Waals surface area contributed by atoms with Crippen molar-refractivity contribution in [3.8, 4) is 11.1 Å². The number of hydrogen-bond acceptors (Lipinski definition) is 3. The molecule has 2 aromatic carbocycles. The van der Waals surface area contributed by atoms with Crippen molar-refractivity contribution in [2.24, 2.45) is 4.99 Å². The number of halogens is 2. The van der Waals surface area contributed by atoms with E-state index in [0.717, 1.165) is 21.4 Å². The lowest BCUT2D eigenvalue weighted by Crippen LogP contribution is -2.08. The van der Waals surface area contributed by atoms with Gasteiger partial charge >= 0.3 is 0 Å². The molecule has 21 heavy (non-hydrogen) atoms. The number of nitrogens with one attached hydrogen (secondary N) is 1.